The molecular weight excluding hydrogens is 406 g/mol. The average molecular weight is 440 g/mol. The summed E-state index contributed by atoms with van der Waals surface area (Å²) in [4.78, 5) is 24.9. The minimum atomic E-state index is -0.593. The molecule has 2 aromatic carbocycles. The van der Waals surface area contributed by atoms with Crippen LogP contribution in [0.25, 0.3) is 11.1 Å². The van der Waals surface area contributed by atoms with E-state index in [-0.39, 0.29) is 31.7 Å². The molecule has 0 heterocycles. The molecule has 6 heteroatoms. The van der Waals surface area contributed by atoms with Gasteiger partial charge in [-0.1, -0.05) is 48.5 Å². The Morgan fingerprint density at radius 3 is 2.06 bits per heavy atom. The van der Waals surface area contributed by atoms with Gasteiger partial charge in [0.15, 0.2) is 0 Å². The number of benzene rings is 2. The van der Waals surface area contributed by atoms with Gasteiger partial charge in [0.1, 0.15) is 12.2 Å². The van der Waals surface area contributed by atoms with Gasteiger partial charge >= 0.3 is 12.1 Å². The van der Waals surface area contributed by atoms with Crippen molar-refractivity contribution in [1.29, 1.82) is 0 Å². The minimum absolute atomic E-state index is 0.00812. The number of fused-ring (bicyclic) bond motifs is 3. The molecule has 1 aliphatic rings. The summed E-state index contributed by atoms with van der Waals surface area (Å²) in [5.41, 5.74) is 4.05. The Kier molecular flexibility index (Phi) is 7.56. The van der Waals surface area contributed by atoms with Crippen LogP contribution in [0.4, 0.5) is 4.79 Å². The Morgan fingerprint density at radius 2 is 1.53 bits per heavy atom. The smallest absolute Gasteiger partial charge is 0.407 e. The second-order valence-corrected chi connectivity index (χ2v) is 9.34. The van der Waals surface area contributed by atoms with E-state index in [1.165, 1.54) is 11.1 Å². The fourth-order valence-electron chi connectivity index (χ4n) is 3.85. The van der Waals surface area contributed by atoms with Crippen LogP contribution in [-0.4, -0.2) is 43.0 Å². The number of hydrogen-bond acceptors (Lipinski definition) is 5. The van der Waals surface area contributed by atoms with E-state index in [9.17, 15) is 9.59 Å². The summed E-state index contributed by atoms with van der Waals surface area (Å²) in [6.07, 6.45) is -0.595. The molecule has 1 N–H and O–H groups in total. The van der Waals surface area contributed by atoms with Gasteiger partial charge in [-0.2, -0.15) is 0 Å². The van der Waals surface area contributed by atoms with Gasteiger partial charge in [-0.25, -0.2) is 4.79 Å². The molecule has 1 atom stereocenters. The van der Waals surface area contributed by atoms with Crippen molar-refractivity contribution in [3.63, 3.8) is 0 Å². The van der Waals surface area contributed by atoms with Crippen molar-refractivity contribution in [1.82, 2.24) is 5.32 Å². The molecule has 0 fully saturated rings. The largest absolute Gasteiger partial charge is 0.460 e. The SMILES string of the molecule is CC(C)OC[C@H](CC(=O)OC(C)(C)C)NC(=O)OCC1c2ccccc2-c2ccccc21. The highest BCUT2D eigenvalue weighted by molar-refractivity contribution is 5.79. The monoisotopic (exact) mass is 439 g/mol. The first-order valence-electron chi connectivity index (χ1n) is 11.1. The van der Waals surface area contributed by atoms with E-state index in [0.29, 0.717) is 0 Å². The third kappa shape index (κ3) is 6.33. The number of carbonyl (C=O) groups is 2. The normalized spacial score (nSPS) is 13.9. The van der Waals surface area contributed by atoms with Crippen molar-refractivity contribution in [2.24, 2.45) is 0 Å². The first kappa shape index (κ1) is 23.8. The van der Waals surface area contributed by atoms with Crippen LogP contribution in [0.2, 0.25) is 0 Å². The molecule has 0 saturated carbocycles. The van der Waals surface area contributed by atoms with Crippen molar-refractivity contribution in [2.75, 3.05) is 13.2 Å². The lowest BCUT2D eigenvalue weighted by atomic mass is 9.98. The topological polar surface area (TPSA) is 73.9 Å². The van der Waals surface area contributed by atoms with Crippen molar-refractivity contribution >= 4 is 12.1 Å². The van der Waals surface area contributed by atoms with E-state index >= 15 is 0 Å². The first-order chi connectivity index (χ1) is 15.1. The molecule has 172 valence electrons. The zero-order valence-electron chi connectivity index (χ0n) is 19.5. The number of esters is 1. The summed E-state index contributed by atoms with van der Waals surface area (Å²) < 4.78 is 16.6. The predicted octanol–water partition coefficient (Wildman–Crippen LogP) is 5.05. The maximum absolute atomic E-state index is 12.6. The lowest BCUT2D eigenvalue weighted by Crippen LogP contribution is -2.42. The fraction of sp³-hybridized carbons (Fsp3) is 0.462. The fourth-order valence-corrected chi connectivity index (χ4v) is 3.85. The summed E-state index contributed by atoms with van der Waals surface area (Å²) >= 11 is 0. The molecule has 3 rings (SSSR count). The van der Waals surface area contributed by atoms with Gasteiger partial charge in [0, 0.05) is 5.92 Å². The van der Waals surface area contributed by atoms with Crippen molar-refractivity contribution in [3.05, 3.63) is 59.7 Å². The second kappa shape index (κ2) is 10.2. The minimum Gasteiger partial charge on any atom is -0.460 e. The number of carbonyl (C=O) groups excluding carboxylic acids is 2. The maximum atomic E-state index is 12.6. The van der Waals surface area contributed by atoms with Crippen molar-refractivity contribution in [2.45, 2.75) is 64.7 Å². The molecular formula is C26H33NO5. The molecule has 0 aliphatic heterocycles. The molecule has 2 aromatic rings. The summed E-state index contributed by atoms with van der Waals surface area (Å²) in [5.74, 6) is -0.418. The molecule has 0 spiro atoms. The molecule has 0 radical (unpaired) electrons. The Hall–Kier alpha value is -2.86. The molecule has 0 bridgehead atoms. The van der Waals surface area contributed by atoms with Crippen LogP contribution in [0.15, 0.2) is 48.5 Å². The van der Waals surface area contributed by atoms with Gasteiger partial charge in [-0.05, 0) is 56.9 Å². The average Bonchev–Trinajstić information content (AvgIpc) is 3.03. The lowest BCUT2D eigenvalue weighted by Gasteiger charge is -2.23. The zero-order valence-corrected chi connectivity index (χ0v) is 19.5. The Bertz CT molecular complexity index is 902. The number of nitrogens with one attached hydrogen (secondary N) is 1. The molecule has 1 amide bonds. The highest BCUT2D eigenvalue weighted by Crippen LogP contribution is 2.44. The Labute approximate surface area is 190 Å². The number of ether oxygens (including phenoxy) is 3. The van der Waals surface area contributed by atoms with Crippen molar-refractivity contribution < 1.29 is 23.8 Å². The highest BCUT2D eigenvalue weighted by Gasteiger charge is 2.29. The second-order valence-electron chi connectivity index (χ2n) is 9.34. The van der Waals surface area contributed by atoms with E-state index in [1.54, 1.807) is 0 Å². The summed E-state index contributed by atoms with van der Waals surface area (Å²) in [7, 11) is 0. The van der Waals surface area contributed by atoms with Crippen molar-refractivity contribution in [3.8, 4) is 11.1 Å². The number of rotatable bonds is 8. The third-order valence-electron chi connectivity index (χ3n) is 5.13. The standard InChI is InChI=1S/C26H33NO5/c1-17(2)30-15-18(14-24(28)32-26(3,4)5)27-25(29)31-16-23-21-12-8-6-10-19(21)20-11-7-9-13-22(20)23/h6-13,17-18,23H,14-16H2,1-5H3,(H,27,29)/t18-/m0/s1. The predicted molar refractivity (Wildman–Crippen MR) is 124 cm³/mol. The van der Waals surface area contributed by atoms with Gasteiger partial charge in [0.25, 0.3) is 0 Å². The molecule has 0 unspecified atom stereocenters. The van der Waals surface area contributed by atoms with Crippen LogP contribution >= 0.6 is 0 Å². The van der Waals surface area contributed by atoms with E-state index < -0.39 is 23.7 Å². The Balaban J connectivity index is 1.63. The van der Waals surface area contributed by atoms with E-state index in [2.05, 4.69) is 29.6 Å². The third-order valence-corrected chi connectivity index (χ3v) is 5.13. The summed E-state index contributed by atoms with van der Waals surface area (Å²) in [5, 5.41) is 2.77. The Morgan fingerprint density at radius 1 is 0.969 bits per heavy atom. The maximum Gasteiger partial charge on any atom is 0.407 e. The zero-order chi connectivity index (χ0) is 23.3. The quantitative estimate of drug-likeness (QED) is 0.583. The van der Waals surface area contributed by atoms with Gasteiger partial charge in [0.2, 0.25) is 0 Å². The molecule has 0 saturated heterocycles. The van der Waals surface area contributed by atoms with Gasteiger partial charge < -0.3 is 19.5 Å². The van der Waals surface area contributed by atoms with Crippen LogP contribution in [0.3, 0.4) is 0 Å². The van der Waals surface area contributed by atoms with E-state index in [4.69, 9.17) is 14.2 Å². The number of amides is 1. The van der Waals surface area contributed by atoms with Gasteiger partial charge in [-0.15, -0.1) is 0 Å². The highest BCUT2D eigenvalue weighted by atomic mass is 16.6. The van der Waals surface area contributed by atoms with Crippen LogP contribution in [0.1, 0.15) is 58.1 Å². The van der Waals surface area contributed by atoms with E-state index in [1.807, 2.05) is 58.9 Å². The lowest BCUT2D eigenvalue weighted by molar-refractivity contribution is -0.155. The molecule has 0 aromatic heterocycles. The van der Waals surface area contributed by atoms with Gasteiger partial charge in [0.05, 0.1) is 25.2 Å². The molecule has 1 aliphatic carbocycles. The van der Waals surface area contributed by atoms with Crippen LogP contribution in [0.5, 0.6) is 0 Å². The summed E-state index contributed by atoms with van der Waals surface area (Å²) in [6, 6.07) is 15.8. The van der Waals surface area contributed by atoms with Crippen LogP contribution in [0, 0.1) is 0 Å². The molecule has 32 heavy (non-hydrogen) atoms. The van der Waals surface area contributed by atoms with Crippen LogP contribution in [-0.2, 0) is 19.0 Å². The number of alkyl carbamates (subject to hydrolysis) is 1. The first-order valence-corrected chi connectivity index (χ1v) is 11.1. The molecule has 6 nitrogen and oxygen atoms in total. The van der Waals surface area contributed by atoms with Crippen LogP contribution < -0.4 is 5.32 Å². The van der Waals surface area contributed by atoms with E-state index in [0.717, 1.165) is 11.1 Å². The summed E-state index contributed by atoms with van der Waals surface area (Å²) in [6.45, 7) is 9.64. The van der Waals surface area contributed by atoms with Gasteiger partial charge in [-0.3, -0.25) is 4.79 Å². The number of hydrogen-bond donors (Lipinski definition) is 1.